The van der Waals surface area contributed by atoms with Crippen molar-refractivity contribution >= 4 is 17.5 Å². The fourth-order valence-electron chi connectivity index (χ4n) is 9.48. The molecule has 0 radical (unpaired) electrons. The lowest BCUT2D eigenvalue weighted by Gasteiger charge is -2.72. The summed E-state index contributed by atoms with van der Waals surface area (Å²) in [4.78, 5) is 41.9. The Morgan fingerprint density at radius 2 is 1.79 bits per heavy atom. The van der Waals surface area contributed by atoms with E-state index >= 15 is 4.79 Å². The lowest BCUT2D eigenvalue weighted by atomic mass is 9.42. The Morgan fingerprint density at radius 3 is 2.42 bits per heavy atom. The number of aliphatic carboxylic acids is 1. The molecule has 4 heterocycles. The molecule has 2 aromatic rings. The Labute approximate surface area is 280 Å². The van der Waals surface area contributed by atoms with Gasteiger partial charge in [-0.1, -0.05) is 49.8 Å². The highest BCUT2D eigenvalue weighted by Crippen LogP contribution is 2.70. The SMILES string of the molecule is C=CC(C)(C)c1c2c(c(O)c3c1OC(C)(C)c1ccc(C)cc1-3)C(=O)[C@@H]1[C@H](OC)[C@@H]3C(=O)[C@@]4(CC=C(C)C(=O)O)OC(C)(C)[C@@H]3C[C@@]14O2. The standard InChI is InChI=1S/C39H44O9/c1-11-35(4,5)27-31-23(20-16-18(2)12-13-21(20)36(6,7)46-31)28(40)25-29(41)26-30(45-10)24-22-17-39(26,47-32(25)27)38(33(24)42,48-37(22,8)9)15-14-19(3)34(43)44/h11-14,16,22,24,26,30,40H,1,15,17H2,2-10H3,(H,43,44)/t22-,24-,26-,30-,38-,39-/m1/s1. The van der Waals surface area contributed by atoms with Crippen LogP contribution >= 0.6 is 0 Å². The fraction of sp³-hybridized carbons (Fsp3) is 0.513. The summed E-state index contributed by atoms with van der Waals surface area (Å²) in [7, 11) is 1.49. The molecule has 254 valence electrons. The third-order valence-corrected chi connectivity index (χ3v) is 12.0. The Hall–Kier alpha value is -3.95. The number of methoxy groups -OCH3 is 1. The normalized spacial score (nSPS) is 32.0. The summed E-state index contributed by atoms with van der Waals surface area (Å²) in [6.07, 6.45) is 2.57. The second-order valence-corrected chi connectivity index (χ2v) is 15.9. The number of carbonyl (C=O) groups is 3. The molecular formula is C39H44O9. The zero-order valence-electron chi connectivity index (χ0n) is 29.1. The van der Waals surface area contributed by atoms with Crippen molar-refractivity contribution in [2.75, 3.05) is 7.11 Å². The van der Waals surface area contributed by atoms with Crippen LogP contribution in [0.25, 0.3) is 11.1 Å². The second-order valence-electron chi connectivity index (χ2n) is 15.9. The predicted molar refractivity (Wildman–Crippen MR) is 178 cm³/mol. The van der Waals surface area contributed by atoms with E-state index in [0.29, 0.717) is 23.3 Å². The molecule has 0 aromatic heterocycles. The third-order valence-electron chi connectivity index (χ3n) is 12.0. The highest BCUT2D eigenvalue weighted by Gasteiger charge is 2.83. The predicted octanol–water partition coefficient (Wildman–Crippen LogP) is 6.59. The van der Waals surface area contributed by atoms with Crippen molar-refractivity contribution in [3.63, 3.8) is 0 Å². The molecular weight excluding hydrogens is 612 g/mol. The smallest absolute Gasteiger partial charge is 0.330 e. The Bertz CT molecular complexity index is 1880. The van der Waals surface area contributed by atoms with Gasteiger partial charge >= 0.3 is 5.97 Å². The van der Waals surface area contributed by atoms with Gasteiger partial charge < -0.3 is 29.2 Å². The zero-order valence-corrected chi connectivity index (χ0v) is 29.1. The molecule has 0 amide bonds. The number of fused-ring (bicyclic) bond motifs is 5. The summed E-state index contributed by atoms with van der Waals surface area (Å²) < 4.78 is 26.9. The summed E-state index contributed by atoms with van der Waals surface area (Å²) in [6.45, 7) is 19.2. The number of rotatable bonds is 6. The van der Waals surface area contributed by atoms with E-state index in [2.05, 4.69) is 6.58 Å². The molecule has 2 aromatic carbocycles. The largest absolute Gasteiger partial charge is 0.506 e. The highest BCUT2D eigenvalue weighted by molar-refractivity contribution is 6.11. The Kier molecular flexibility index (Phi) is 6.67. The highest BCUT2D eigenvalue weighted by atomic mass is 16.6. The summed E-state index contributed by atoms with van der Waals surface area (Å²) in [5, 5.41) is 22.0. The minimum Gasteiger partial charge on any atom is -0.506 e. The molecule has 1 spiro atoms. The number of ether oxygens (including phenoxy) is 4. The quantitative estimate of drug-likeness (QED) is 0.261. The van der Waals surface area contributed by atoms with Crippen LogP contribution in [0.15, 0.2) is 42.5 Å². The molecule has 2 N–H and O–H groups in total. The topological polar surface area (TPSA) is 129 Å². The van der Waals surface area contributed by atoms with Crippen LogP contribution in [-0.2, 0) is 30.1 Å². The number of aryl methyl sites for hydroxylation is 1. The number of aromatic hydroxyl groups is 1. The first-order chi connectivity index (χ1) is 22.3. The number of allylic oxidation sites excluding steroid dienone is 1. The lowest BCUT2D eigenvalue weighted by molar-refractivity contribution is -0.345. The van der Waals surface area contributed by atoms with Crippen LogP contribution in [0.5, 0.6) is 17.2 Å². The first kappa shape index (κ1) is 32.6. The number of ketones is 2. The molecule has 4 aliphatic heterocycles. The number of Topliss-reactive ketones (excluding diaryl/α,β-unsaturated/α-hetero) is 2. The van der Waals surface area contributed by atoms with E-state index in [0.717, 1.165) is 16.7 Å². The van der Waals surface area contributed by atoms with Gasteiger partial charge in [0.05, 0.1) is 29.1 Å². The van der Waals surface area contributed by atoms with E-state index < -0.39 is 57.5 Å². The average Bonchev–Trinajstić information content (AvgIpc) is 2.99. The van der Waals surface area contributed by atoms with Gasteiger partial charge in [0, 0.05) is 41.6 Å². The summed E-state index contributed by atoms with van der Waals surface area (Å²) in [5.41, 5.74) is -2.14. The monoisotopic (exact) mass is 656 g/mol. The van der Waals surface area contributed by atoms with Crippen molar-refractivity contribution < 1.29 is 43.5 Å². The van der Waals surface area contributed by atoms with Gasteiger partial charge in [-0.05, 0) is 53.5 Å². The first-order valence-corrected chi connectivity index (χ1v) is 16.6. The summed E-state index contributed by atoms with van der Waals surface area (Å²) >= 11 is 0. The van der Waals surface area contributed by atoms with Crippen molar-refractivity contribution in [1.29, 1.82) is 0 Å². The molecule has 7 aliphatic rings. The maximum absolute atomic E-state index is 15.3. The number of carboxylic acid groups (broad SMARTS) is 1. The van der Waals surface area contributed by atoms with Crippen molar-refractivity contribution in [3.8, 4) is 28.4 Å². The van der Waals surface area contributed by atoms with Crippen LogP contribution < -0.4 is 9.47 Å². The number of hydrogen-bond donors (Lipinski definition) is 2. The van der Waals surface area contributed by atoms with E-state index in [4.69, 9.17) is 18.9 Å². The maximum Gasteiger partial charge on any atom is 0.330 e. The van der Waals surface area contributed by atoms with Crippen molar-refractivity contribution in [2.24, 2.45) is 17.8 Å². The molecule has 9 nitrogen and oxygen atoms in total. The molecule has 9 rings (SSSR count). The average molecular weight is 657 g/mol. The summed E-state index contributed by atoms with van der Waals surface area (Å²) in [5.74, 6) is -3.62. The van der Waals surface area contributed by atoms with Gasteiger partial charge in [-0.2, -0.15) is 0 Å². The van der Waals surface area contributed by atoms with Gasteiger partial charge in [-0.3, -0.25) is 9.59 Å². The van der Waals surface area contributed by atoms with Gasteiger partial charge in [0.2, 0.25) is 0 Å². The first-order valence-electron chi connectivity index (χ1n) is 16.6. The Morgan fingerprint density at radius 1 is 1.12 bits per heavy atom. The molecule has 6 atom stereocenters. The van der Waals surface area contributed by atoms with Crippen LogP contribution in [0, 0.1) is 24.7 Å². The van der Waals surface area contributed by atoms with Gasteiger partial charge in [-0.15, -0.1) is 6.58 Å². The zero-order chi connectivity index (χ0) is 35.1. The van der Waals surface area contributed by atoms with Crippen LogP contribution in [0.1, 0.15) is 88.4 Å². The van der Waals surface area contributed by atoms with E-state index in [1.807, 2.05) is 66.7 Å². The van der Waals surface area contributed by atoms with Crippen molar-refractivity contribution in [3.05, 3.63) is 64.8 Å². The molecule has 5 fully saturated rings. The molecule has 3 aliphatic carbocycles. The molecule has 48 heavy (non-hydrogen) atoms. The van der Waals surface area contributed by atoms with E-state index in [1.165, 1.54) is 20.1 Å². The van der Waals surface area contributed by atoms with Crippen LogP contribution in [0.4, 0.5) is 0 Å². The second kappa shape index (κ2) is 9.82. The van der Waals surface area contributed by atoms with Crippen LogP contribution in [0.2, 0.25) is 0 Å². The van der Waals surface area contributed by atoms with E-state index in [9.17, 15) is 19.8 Å². The van der Waals surface area contributed by atoms with Crippen LogP contribution in [-0.4, -0.2) is 57.8 Å². The Balaban J connectivity index is 1.58. The molecule has 9 heteroatoms. The molecule has 2 saturated heterocycles. The van der Waals surface area contributed by atoms with Gasteiger partial charge in [-0.25, -0.2) is 4.79 Å². The van der Waals surface area contributed by atoms with Crippen LogP contribution in [0.3, 0.4) is 0 Å². The van der Waals surface area contributed by atoms with Crippen molar-refractivity contribution in [1.82, 2.24) is 0 Å². The van der Waals surface area contributed by atoms with Gasteiger partial charge in [0.15, 0.2) is 22.8 Å². The molecule has 3 saturated carbocycles. The van der Waals surface area contributed by atoms with Crippen molar-refractivity contribution in [2.45, 2.75) is 102 Å². The lowest BCUT2D eigenvalue weighted by Crippen LogP contribution is -2.87. The number of benzene rings is 2. The molecule has 0 unspecified atom stereocenters. The summed E-state index contributed by atoms with van der Waals surface area (Å²) in [6, 6.07) is 5.97. The maximum atomic E-state index is 15.3. The third kappa shape index (κ3) is 3.83. The number of phenolic OH excluding ortho intramolecular Hbond substituents is 1. The van der Waals surface area contributed by atoms with E-state index in [-0.39, 0.29) is 40.8 Å². The minimum absolute atomic E-state index is 0.00894. The van der Waals surface area contributed by atoms with E-state index in [1.54, 1.807) is 6.08 Å². The number of carbonyl (C=O) groups excluding carboxylic acids is 2. The van der Waals surface area contributed by atoms with Gasteiger partial charge in [0.25, 0.3) is 0 Å². The number of phenols is 1. The molecule has 4 bridgehead atoms. The van der Waals surface area contributed by atoms with Gasteiger partial charge in [0.1, 0.15) is 28.4 Å². The minimum atomic E-state index is -1.70. The number of carboxylic acids is 1. The fourth-order valence-corrected chi connectivity index (χ4v) is 9.48. The number of hydrogen-bond acceptors (Lipinski definition) is 8.